The first kappa shape index (κ1) is 18.6. The molecule has 1 N–H and O–H groups in total. The van der Waals surface area contributed by atoms with E-state index in [-0.39, 0.29) is 6.03 Å². The smallest absolute Gasteiger partial charge is 0.317 e. The van der Waals surface area contributed by atoms with Crippen LogP contribution in [0.1, 0.15) is 16.3 Å². The molecule has 1 aliphatic heterocycles. The Hall–Kier alpha value is -2.71. The highest BCUT2D eigenvalue weighted by Crippen LogP contribution is 2.13. The molecule has 0 atom stereocenters. The number of urea groups is 1. The maximum Gasteiger partial charge on any atom is 0.317 e. The summed E-state index contributed by atoms with van der Waals surface area (Å²) in [7, 11) is 0. The fourth-order valence-corrected chi connectivity index (χ4v) is 3.90. The number of aromatic nitrogens is 3. The monoisotopic (exact) mass is 396 g/mol. The maximum absolute atomic E-state index is 12.5. The van der Waals surface area contributed by atoms with E-state index in [2.05, 4.69) is 25.7 Å². The Balaban J connectivity index is 1.22. The highest BCUT2D eigenvalue weighted by atomic mass is 32.1. The normalized spacial score (nSPS) is 15.0. The molecule has 3 heterocycles. The Labute approximate surface area is 168 Å². The van der Waals surface area contributed by atoms with Crippen molar-refractivity contribution in [3.8, 4) is 5.69 Å². The second kappa shape index (κ2) is 8.53. The predicted molar refractivity (Wildman–Crippen MR) is 110 cm³/mol. The van der Waals surface area contributed by atoms with Gasteiger partial charge >= 0.3 is 6.03 Å². The number of nitrogens with one attached hydrogen (secondary N) is 1. The molecule has 146 valence electrons. The molecule has 8 heteroatoms. The third-order valence-electron chi connectivity index (χ3n) is 4.86. The van der Waals surface area contributed by atoms with E-state index in [1.165, 1.54) is 0 Å². The van der Waals surface area contributed by atoms with Gasteiger partial charge in [-0.3, -0.25) is 4.90 Å². The Morgan fingerprint density at radius 2 is 1.96 bits per heavy atom. The molecule has 1 aromatic carbocycles. The highest BCUT2D eigenvalue weighted by molar-refractivity contribution is 7.09. The number of piperazine rings is 1. The first-order chi connectivity index (χ1) is 13.7. The van der Waals surface area contributed by atoms with Gasteiger partial charge in [-0.2, -0.15) is 5.10 Å². The van der Waals surface area contributed by atoms with E-state index in [0.29, 0.717) is 6.54 Å². The zero-order valence-electron chi connectivity index (χ0n) is 15.9. The third-order valence-corrected chi connectivity index (χ3v) is 5.68. The van der Waals surface area contributed by atoms with E-state index in [9.17, 15) is 4.79 Å². The van der Waals surface area contributed by atoms with Gasteiger partial charge in [0.15, 0.2) is 0 Å². The Kier molecular flexibility index (Phi) is 5.68. The summed E-state index contributed by atoms with van der Waals surface area (Å²) in [6, 6.07) is 9.95. The largest absolute Gasteiger partial charge is 0.334 e. The van der Waals surface area contributed by atoms with Crippen molar-refractivity contribution in [2.24, 2.45) is 0 Å². The maximum atomic E-state index is 12.5. The summed E-state index contributed by atoms with van der Waals surface area (Å²) in [5.41, 5.74) is 3.20. The van der Waals surface area contributed by atoms with Gasteiger partial charge in [-0.25, -0.2) is 14.5 Å². The molecule has 2 amide bonds. The predicted octanol–water partition coefficient (Wildman–Crippen LogP) is 2.66. The summed E-state index contributed by atoms with van der Waals surface area (Å²) in [5, 5.41) is 10.5. The van der Waals surface area contributed by atoms with Gasteiger partial charge in [-0.1, -0.05) is 12.1 Å². The van der Waals surface area contributed by atoms with Crippen LogP contribution in [0.3, 0.4) is 0 Å². The minimum absolute atomic E-state index is 0.000283. The standard InChI is InChI=1S/C20H24N6OS/c1-16-23-18(15-28-16)14-24-9-11-25(12-10-24)20(27)21-13-17-3-5-19(6-4-17)26-8-2-7-22-26/h2-8,15H,9-14H2,1H3,(H,21,27). The van der Waals surface area contributed by atoms with Crippen LogP contribution < -0.4 is 5.32 Å². The molecular weight excluding hydrogens is 372 g/mol. The molecule has 1 saturated heterocycles. The topological polar surface area (TPSA) is 66.3 Å². The Bertz CT molecular complexity index is 897. The van der Waals surface area contributed by atoms with Crippen LogP contribution in [0.5, 0.6) is 0 Å². The summed E-state index contributed by atoms with van der Waals surface area (Å²) < 4.78 is 1.81. The van der Waals surface area contributed by atoms with Crippen molar-refractivity contribution in [2.45, 2.75) is 20.0 Å². The molecule has 1 aliphatic rings. The number of rotatable bonds is 5. The molecule has 3 aromatic rings. The number of amides is 2. The zero-order valence-corrected chi connectivity index (χ0v) is 16.7. The summed E-state index contributed by atoms with van der Waals surface area (Å²) in [6.45, 7) is 6.66. The number of nitrogens with zero attached hydrogens (tertiary/aromatic N) is 5. The lowest BCUT2D eigenvalue weighted by Crippen LogP contribution is -2.51. The summed E-state index contributed by atoms with van der Waals surface area (Å²) >= 11 is 1.69. The van der Waals surface area contributed by atoms with Gasteiger partial charge in [0.25, 0.3) is 0 Å². The minimum Gasteiger partial charge on any atom is -0.334 e. The average molecular weight is 397 g/mol. The van der Waals surface area contributed by atoms with Crippen molar-refractivity contribution in [3.63, 3.8) is 0 Å². The van der Waals surface area contributed by atoms with Crippen LogP contribution in [-0.4, -0.2) is 56.8 Å². The number of hydrogen-bond acceptors (Lipinski definition) is 5. The van der Waals surface area contributed by atoms with Gasteiger partial charge in [-0.15, -0.1) is 11.3 Å². The van der Waals surface area contributed by atoms with Gasteiger partial charge in [0.05, 0.1) is 16.4 Å². The molecule has 0 unspecified atom stereocenters. The van der Waals surface area contributed by atoms with E-state index >= 15 is 0 Å². The van der Waals surface area contributed by atoms with E-state index in [0.717, 1.165) is 54.7 Å². The van der Waals surface area contributed by atoms with Crippen LogP contribution >= 0.6 is 11.3 Å². The van der Waals surface area contributed by atoms with Crippen molar-refractivity contribution in [2.75, 3.05) is 26.2 Å². The second-order valence-electron chi connectivity index (χ2n) is 6.90. The molecule has 28 heavy (non-hydrogen) atoms. The lowest BCUT2D eigenvalue weighted by Gasteiger charge is -2.34. The van der Waals surface area contributed by atoms with Crippen LogP contribution in [0.15, 0.2) is 48.1 Å². The summed E-state index contributed by atoms with van der Waals surface area (Å²) in [6.07, 6.45) is 3.66. The molecule has 7 nitrogen and oxygen atoms in total. The second-order valence-corrected chi connectivity index (χ2v) is 7.96. The quantitative estimate of drug-likeness (QED) is 0.720. The van der Waals surface area contributed by atoms with Gasteiger partial charge in [0.2, 0.25) is 0 Å². The highest BCUT2D eigenvalue weighted by Gasteiger charge is 2.21. The van der Waals surface area contributed by atoms with Crippen molar-refractivity contribution in [1.82, 2.24) is 29.9 Å². The molecular formula is C20H24N6OS. The summed E-state index contributed by atoms with van der Waals surface area (Å²) in [5.74, 6) is 0. The van der Waals surface area contributed by atoms with Gasteiger partial charge < -0.3 is 10.2 Å². The van der Waals surface area contributed by atoms with E-state index < -0.39 is 0 Å². The van der Waals surface area contributed by atoms with Gasteiger partial charge in [0, 0.05) is 57.0 Å². The number of hydrogen-bond donors (Lipinski definition) is 1. The van der Waals surface area contributed by atoms with Crippen LogP contribution in [0.25, 0.3) is 5.69 Å². The lowest BCUT2D eigenvalue weighted by molar-refractivity contribution is 0.134. The van der Waals surface area contributed by atoms with Crippen molar-refractivity contribution < 1.29 is 4.79 Å². The first-order valence-corrected chi connectivity index (χ1v) is 10.3. The van der Waals surface area contributed by atoms with Crippen LogP contribution in [0.2, 0.25) is 0 Å². The zero-order chi connectivity index (χ0) is 19.3. The van der Waals surface area contributed by atoms with Crippen molar-refractivity contribution in [3.05, 3.63) is 64.4 Å². The number of thiazole rings is 1. The molecule has 1 fully saturated rings. The molecule has 4 rings (SSSR count). The van der Waals surface area contributed by atoms with Gasteiger partial charge in [-0.05, 0) is 30.7 Å². The third kappa shape index (κ3) is 4.58. The molecule has 0 saturated carbocycles. The summed E-state index contributed by atoms with van der Waals surface area (Å²) in [4.78, 5) is 21.2. The molecule has 0 radical (unpaired) electrons. The van der Waals surface area contributed by atoms with Crippen molar-refractivity contribution >= 4 is 17.4 Å². The number of carbonyl (C=O) groups excluding carboxylic acids is 1. The van der Waals surface area contributed by atoms with E-state index in [1.807, 2.05) is 53.0 Å². The molecule has 0 spiro atoms. The van der Waals surface area contributed by atoms with E-state index in [4.69, 9.17) is 0 Å². The van der Waals surface area contributed by atoms with Gasteiger partial charge in [0.1, 0.15) is 0 Å². The fraction of sp³-hybridized carbons (Fsp3) is 0.350. The van der Waals surface area contributed by atoms with E-state index in [1.54, 1.807) is 17.5 Å². The average Bonchev–Trinajstić information content (AvgIpc) is 3.39. The molecule has 0 bridgehead atoms. The SMILES string of the molecule is Cc1nc(CN2CCN(C(=O)NCc3ccc(-n4cccn4)cc3)CC2)cs1. The fourth-order valence-electron chi connectivity index (χ4n) is 3.30. The van der Waals surface area contributed by atoms with Crippen molar-refractivity contribution in [1.29, 1.82) is 0 Å². The number of aryl methyl sites for hydroxylation is 1. The first-order valence-electron chi connectivity index (χ1n) is 9.42. The van der Waals surface area contributed by atoms with Crippen LogP contribution in [-0.2, 0) is 13.1 Å². The van der Waals surface area contributed by atoms with Crippen LogP contribution in [0.4, 0.5) is 4.79 Å². The number of benzene rings is 1. The molecule has 0 aliphatic carbocycles. The Morgan fingerprint density at radius 1 is 1.18 bits per heavy atom. The lowest BCUT2D eigenvalue weighted by atomic mass is 10.2. The molecule has 2 aromatic heterocycles. The Morgan fingerprint density at radius 3 is 2.61 bits per heavy atom. The number of carbonyl (C=O) groups is 1. The minimum atomic E-state index is 0.000283. The van der Waals surface area contributed by atoms with Crippen LogP contribution in [0, 0.1) is 6.92 Å².